The molecule has 0 aliphatic rings. The average molecular weight is 285 g/mol. The van der Waals surface area contributed by atoms with Gasteiger partial charge in [-0.15, -0.1) is 0 Å². The molecule has 114 valence electrons. The number of hydrogen-bond donors (Lipinski definition) is 1. The number of rotatable bonds is 7. The van der Waals surface area contributed by atoms with E-state index in [0.717, 1.165) is 31.8 Å². The summed E-state index contributed by atoms with van der Waals surface area (Å²) in [5, 5.41) is 3.66. The number of imidazole rings is 1. The maximum atomic E-state index is 4.62. The van der Waals surface area contributed by atoms with Gasteiger partial charge in [0.15, 0.2) is 0 Å². The van der Waals surface area contributed by atoms with Crippen molar-refractivity contribution in [3.05, 3.63) is 53.1 Å². The summed E-state index contributed by atoms with van der Waals surface area (Å²) in [5.74, 6) is 1.12. The van der Waals surface area contributed by atoms with E-state index in [-0.39, 0.29) is 6.04 Å². The lowest BCUT2D eigenvalue weighted by atomic mass is 10.0. The van der Waals surface area contributed by atoms with Gasteiger partial charge in [0.2, 0.25) is 0 Å². The lowest BCUT2D eigenvalue weighted by Gasteiger charge is -2.21. The maximum Gasteiger partial charge on any atom is 0.130 e. The molecule has 1 unspecified atom stereocenters. The van der Waals surface area contributed by atoms with Crippen LogP contribution >= 0.6 is 0 Å². The molecule has 0 spiro atoms. The zero-order valence-corrected chi connectivity index (χ0v) is 13.7. The van der Waals surface area contributed by atoms with Gasteiger partial charge in [-0.25, -0.2) is 4.98 Å². The molecule has 1 atom stereocenters. The fourth-order valence-electron chi connectivity index (χ4n) is 2.83. The summed E-state index contributed by atoms with van der Waals surface area (Å²) in [6.07, 6.45) is 6.24. The van der Waals surface area contributed by atoms with Crippen LogP contribution in [-0.2, 0) is 6.54 Å². The van der Waals surface area contributed by atoms with Gasteiger partial charge in [-0.3, -0.25) is 0 Å². The van der Waals surface area contributed by atoms with Gasteiger partial charge in [0.05, 0.1) is 6.04 Å². The standard InChI is InChI=1S/C18H27N3/c1-5-7-19-17(16-12-14(3)11-15(4)13-16)18-20-8-10-21(18)9-6-2/h8,10-13,17,19H,5-7,9H2,1-4H3. The number of aromatic nitrogens is 2. The molecule has 0 radical (unpaired) electrons. The summed E-state index contributed by atoms with van der Waals surface area (Å²) in [6, 6.07) is 6.93. The molecule has 0 aliphatic heterocycles. The van der Waals surface area contributed by atoms with Crippen molar-refractivity contribution in [1.29, 1.82) is 0 Å². The molecule has 0 saturated carbocycles. The SMILES string of the molecule is CCCNC(c1cc(C)cc(C)c1)c1nccn1CCC. The van der Waals surface area contributed by atoms with E-state index in [1.807, 2.05) is 6.20 Å². The van der Waals surface area contributed by atoms with Crippen molar-refractivity contribution >= 4 is 0 Å². The van der Waals surface area contributed by atoms with E-state index in [1.165, 1.54) is 16.7 Å². The van der Waals surface area contributed by atoms with Crippen molar-refractivity contribution in [2.45, 2.75) is 53.1 Å². The van der Waals surface area contributed by atoms with Gasteiger partial charge in [0, 0.05) is 18.9 Å². The van der Waals surface area contributed by atoms with Crippen LogP contribution in [0.5, 0.6) is 0 Å². The number of aryl methyl sites for hydroxylation is 3. The first kappa shape index (κ1) is 15.8. The molecule has 0 amide bonds. The van der Waals surface area contributed by atoms with Gasteiger partial charge in [-0.1, -0.05) is 43.2 Å². The number of nitrogens with zero attached hydrogens (tertiary/aromatic N) is 2. The Morgan fingerprint density at radius 1 is 1.10 bits per heavy atom. The van der Waals surface area contributed by atoms with Crippen molar-refractivity contribution in [2.75, 3.05) is 6.54 Å². The van der Waals surface area contributed by atoms with Gasteiger partial charge in [-0.05, 0) is 38.8 Å². The Labute approximate surface area is 128 Å². The summed E-state index contributed by atoms with van der Waals surface area (Å²) >= 11 is 0. The molecule has 2 rings (SSSR count). The molecule has 1 heterocycles. The Morgan fingerprint density at radius 2 is 1.81 bits per heavy atom. The average Bonchev–Trinajstić information content (AvgIpc) is 2.87. The minimum Gasteiger partial charge on any atom is -0.333 e. The van der Waals surface area contributed by atoms with E-state index in [4.69, 9.17) is 0 Å². The molecule has 21 heavy (non-hydrogen) atoms. The quantitative estimate of drug-likeness (QED) is 0.833. The first-order chi connectivity index (χ1) is 10.2. The Hall–Kier alpha value is -1.61. The van der Waals surface area contributed by atoms with Crippen LogP contribution in [0.2, 0.25) is 0 Å². The van der Waals surface area contributed by atoms with Crippen LogP contribution in [0.15, 0.2) is 30.6 Å². The molecular formula is C18H27N3. The smallest absolute Gasteiger partial charge is 0.130 e. The van der Waals surface area contributed by atoms with Gasteiger partial charge in [-0.2, -0.15) is 0 Å². The van der Waals surface area contributed by atoms with Crippen LogP contribution in [0.4, 0.5) is 0 Å². The minimum absolute atomic E-state index is 0.171. The second-order valence-corrected chi connectivity index (χ2v) is 5.79. The van der Waals surface area contributed by atoms with Crippen LogP contribution in [-0.4, -0.2) is 16.1 Å². The van der Waals surface area contributed by atoms with Crippen LogP contribution in [0, 0.1) is 13.8 Å². The second kappa shape index (κ2) is 7.41. The zero-order valence-electron chi connectivity index (χ0n) is 13.7. The number of hydrogen-bond acceptors (Lipinski definition) is 2. The van der Waals surface area contributed by atoms with E-state index >= 15 is 0 Å². The highest BCUT2D eigenvalue weighted by molar-refractivity contribution is 5.33. The van der Waals surface area contributed by atoms with Crippen LogP contribution in [0.1, 0.15) is 55.2 Å². The first-order valence-corrected chi connectivity index (χ1v) is 7.98. The van der Waals surface area contributed by atoms with Crippen molar-refractivity contribution < 1.29 is 0 Å². The minimum atomic E-state index is 0.171. The van der Waals surface area contributed by atoms with Crippen LogP contribution in [0.25, 0.3) is 0 Å². The van der Waals surface area contributed by atoms with E-state index in [2.05, 4.69) is 67.0 Å². The summed E-state index contributed by atoms with van der Waals surface area (Å²) in [7, 11) is 0. The predicted octanol–water partition coefficient (Wildman–Crippen LogP) is 4.00. The largest absolute Gasteiger partial charge is 0.333 e. The monoisotopic (exact) mass is 285 g/mol. The van der Waals surface area contributed by atoms with Gasteiger partial charge in [0.25, 0.3) is 0 Å². The molecule has 0 aliphatic carbocycles. The molecule has 0 saturated heterocycles. The number of benzene rings is 1. The first-order valence-electron chi connectivity index (χ1n) is 7.98. The highest BCUT2D eigenvalue weighted by atomic mass is 15.1. The molecule has 1 aromatic heterocycles. The molecular weight excluding hydrogens is 258 g/mol. The molecule has 0 bridgehead atoms. The normalized spacial score (nSPS) is 12.6. The molecule has 2 aromatic rings. The van der Waals surface area contributed by atoms with Gasteiger partial charge >= 0.3 is 0 Å². The van der Waals surface area contributed by atoms with E-state index in [0.29, 0.717) is 0 Å². The summed E-state index contributed by atoms with van der Waals surface area (Å²) < 4.78 is 2.27. The van der Waals surface area contributed by atoms with Crippen molar-refractivity contribution in [3.63, 3.8) is 0 Å². The summed E-state index contributed by atoms with van der Waals surface area (Å²) in [6.45, 7) is 10.7. The van der Waals surface area contributed by atoms with E-state index in [9.17, 15) is 0 Å². The Kier molecular flexibility index (Phi) is 5.57. The molecule has 3 heteroatoms. The second-order valence-electron chi connectivity index (χ2n) is 5.79. The third-order valence-corrected chi connectivity index (χ3v) is 3.65. The van der Waals surface area contributed by atoms with Crippen LogP contribution < -0.4 is 5.32 Å². The molecule has 1 N–H and O–H groups in total. The Bertz CT molecular complexity index is 551. The Balaban J connectivity index is 2.39. The molecule has 1 aromatic carbocycles. The lowest BCUT2D eigenvalue weighted by molar-refractivity contribution is 0.530. The van der Waals surface area contributed by atoms with Crippen molar-refractivity contribution in [3.8, 4) is 0 Å². The predicted molar refractivity (Wildman–Crippen MR) is 88.6 cm³/mol. The third-order valence-electron chi connectivity index (χ3n) is 3.65. The highest BCUT2D eigenvalue weighted by Crippen LogP contribution is 2.23. The topological polar surface area (TPSA) is 29.9 Å². The van der Waals surface area contributed by atoms with Gasteiger partial charge < -0.3 is 9.88 Å². The Morgan fingerprint density at radius 3 is 2.43 bits per heavy atom. The summed E-state index contributed by atoms with van der Waals surface area (Å²) in [5.41, 5.74) is 3.92. The van der Waals surface area contributed by atoms with Gasteiger partial charge in [0.1, 0.15) is 5.82 Å². The molecule has 0 fully saturated rings. The van der Waals surface area contributed by atoms with Crippen molar-refractivity contribution in [2.24, 2.45) is 0 Å². The maximum absolute atomic E-state index is 4.62. The third kappa shape index (κ3) is 3.94. The highest BCUT2D eigenvalue weighted by Gasteiger charge is 2.18. The summed E-state index contributed by atoms with van der Waals surface area (Å²) in [4.78, 5) is 4.62. The fourth-order valence-corrected chi connectivity index (χ4v) is 2.83. The zero-order chi connectivity index (χ0) is 15.2. The van der Waals surface area contributed by atoms with E-state index < -0.39 is 0 Å². The van der Waals surface area contributed by atoms with Crippen LogP contribution in [0.3, 0.4) is 0 Å². The van der Waals surface area contributed by atoms with E-state index in [1.54, 1.807) is 0 Å². The molecule has 3 nitrogen and oxygen atoms in total. The van der Waals surface area contributed by atoms with Crippen molar-refractivity contribution in [1.82, 2.24) is 14.9 Å². The fraction of sp³-hybridized carbons (Fsp3) is 0.500. The number of nitrogens with one attached hydrogen (secondary N) is 1. The lowest BCUT2D eigenvalue weighted by Crippen LogP contribution is -2.26.